The molecule has 0 aromatic heterocycles. The number of aliphatic hydroxyl groups excluding tert-OH is 1. The molecular formula is C24H25NO5. The second-order valence-corrected chi connectivity index (χ2v) is 7.88. The van der Waals surface area contributed by atoms with Crippen LogP contribution in [0.15, 0.2) is 48.0 Å². The number of likely N-dealkylation sites (tertiary alicyclic amines) is 1. The van der Waals surface area contributed by atoms with Crippen LogP contribution in [0.2, 0.25) is 0 Å². The first kappa shape index (κ1) is 20.0. The van der Waals surface area contributed by atoms with Gasteiger partial charge in [-0.1, -0.05) is 45.0 Å². The number of ketones is 1. The second kappa shape index (κ2) is 7.86. The molecule has 1 amide bonds. The Balaban J connectivity index is 1.83. The molecule has 0 spiro atoms. The Morgan fingerprint density at radius 3 is 2.47 bits per heavy atom. The Kier molecular flexibility index (Phi) is 5.24. The number of fused-ring (bicyclic) bond motifs is 1. The molecule has 4 rings (SSSR count). The quantitative estimate of drug-likeness (QED) is 0.452. The topological polar surface area (TPSA) is 76.1 Å². The molecule has 156 valence electrons. The summed E-state index contributed by atoms with van der Waals surface area (Å²) in [5.41, 5.74) is 2.48. The number of hydrogen-bond donors (Lipinski definition) is 1. The monoisotopic (exact) mass is 407 g/mol. The maximum atomic E-state index is 12.9. The van der Waals surface area contributed by atoms with E-state index in [0.717, 1.165) is 5.56 Å². The average Bonchev–Trinajstić information content (AvgIpc) is 3.31. The summed E-state index contributed by atoms with van der Waals surface area (Å²) in [4.78, 5) is 27.3. The molecule has 1 saturated heterocycles. The summed E-state index contributed by atoms with van der Waals surface area (Å²) in [7, 11) is 0. The van der Waals surface area contributed by atoms with Crippen LogP contribution in [0.25, 0.3) is 5.76 Å². The Morgan fingerprint density at radius 2 is 1.80 bits per heavy atom. The summed E-state index contributed by atoms with van der Waals surface area (Å²) < 4.78 is 10.7. The zero-order valence-electron chi connectivity index (χ0n) is 17.3. The van der Waals surface area contributed by atoms with Crippen LogP contribution in [-0.2, 0) is 9.59 Å². The smallest absolute Gasteiger partial charge is 0.295 e. The first-order valence-corrected chi connectivity index (χ1v) is 10.2. The standard InChI is InChI=1S/C24H25NO5/c1-4-11-25-21(16-7-5-15(6-8-16)14(2)3)20(23(27)24(25)28)22(26)17-9-10-18-19(12-17)30-13-29-18/h5-10,12,14,21,26H,4,11,13H2,1-3H3/b22-20-. The van der Waals surface area contributed by atoms with E-state index in [1.54, 1.807) is 23.1 Å². The van der Waals surface area contributed by atoms with Crippen molar-refractivity contribution in [1.82, 2.24) is 4.90 Å². The molecule has 6 heteroatoms. The highest BCUT2D eigenvalue weighted by molar-refractivity contribution is 6.46. The van der Waals surface area contributed by atoms with Crippen molar-refractivity contribution in [2.45, 2.75) is 39.2 Å². The van der Waals surface area contributed by atoms with Gasteiger partial charge in [-0.05, 0) is 41.7 Å². The van der Waals surface area contributed by atoms with Gasteiger partial charge in [0, 0.05) is 12.1 Å². The summed E-state index contributed by atoms with van der Waals surface area (Å²) in [6, 6.07) is 12.2. The lowest BCUT2D eigenvalue weighted by Gasteiger charge is -2.25. The molecular weight excluding hydrogens is 382 g/mol. The lowest BCUT2D eigenvalue weighted by atomic mass is 9.93. The van der Waals surface area contributed by atoms with E-state index in [1.165, 1.54) is 5.56 Å². The molecule has 1 fully saturated rings. The number of amides is 1. The van der Waals surface area contributed by atoms with Crippen LogP contribution in [0.5, 0.6) is 11.5 Å². The van der Waals surface area contributed by atoms with Gasteiger partial charge in [-0.15, -0.1) is 0 Å². The van der Waals surface area contributed by atoms with Crippen LogP contribution in [0.4, 0.5) is 0 Å². The average molecular weight is 407 g/mol. The Labute approximate surface area is 175 Å². The number of benzene rings is 2. The summed E-state index contributed by atoms with van der Waals surface area (Å²) in [6.07, 6.45) is 0.706. The third-order valence-corrected chi connectivity index (χ3v) is 5.57. The molecule has 2 aromatic rings. The highest BCUT2D eigenvalue weighted by Gasteiger charge is 2.45. The number of nitrogens with zero attached hydrogens (tertiary/aromatic N) is 1. The van der Waals surface area contributed by atoms with Crippen molar-refractivity contribution in [3.63, 3.8) is 0 Å². The predicted octanol–water partition coefficient (Wildman–Crippen LogP) is 4.37. The number of carbonyl (C=O) groups is 2. The minimum atomic E-state index is -0.670. The molecule has 2 aromatic carbocycles. The van der Waals surface area contributed by atoms with E-state index in [4.69, 9.17) is 9.47 Å². The van der Waals surface area contributed by atoms with Crippen molar-refractivity contribution in [2.24, 2.45) is 0 Å². The molecule has 0 aliphatic carbocycles. The van der Waals surface area contributed by atoms with Gasteiger partial charge in [0.1, 0.15) is 5.76 Å². The van der Waals surface area contributed by atoms with E-state index in [-0.39, 0.29) is 18.1 Å². The van der Waals surface area contributed by atoms with Crippen molar-refractivity contribution in [3.05, 3.63) is 64.7 Å². The van der Waals surface area contributed by atoms with Crippen molar-refractivity contribution in [3.8, 4) is 11.5 Å². The van der Waals surface area contributed by atoms with Crippen LogP contribution in [0.1, 0.15) is 55.8 Å². The van der Waals surface area contributed by atoms with Crippen LogP contribution >= 0.6 is 0 Å². The van der Waals surface area contributed by atoms with Crippen LogP contribution in [0.3, 0.4) is 0 Å². The zero-order chi connectivity index (χ0) is 21.4. The predicted molar refractivity (Wildman–Crippen MR) is 112 cm³/mol. The fraction of sp³-hybridized carbons (Fsp3) is 0.333. The van der Waals surface area contributed by atoms with Crippen molar-refractivity contribution >= 4 is 17.4 Å². The largest absolute Gasteiger partial charge is 0.507 e. The molecule has 2 aliphatic rings. The van der Waals surface area contributed by atoms with Crippen molar-refractivity contribution in [2.75, 3.05) is 13.3 Å². The molecule has 0 saturated carbocycles. The third-order valence-electron chi connectivity index (χ3n) is 5.57. The van der Waals surface area contributed by atoms with Crippen LogP contribution < -0.4 is 9.47 Å². The summed E-state index contributed by atoms with van der Waals surface area (Å²) in [5, 5.41) is 11.1. The van der Waals surface area contributed by atoms with E-state index in [1.807, 2.05) is 31.2 Å². The molecule has 1 atom stereocenters. The third kappa shape index (κ3) is 3.32. The maximum absolute atomic E-state index is 12.9. The maximum Gasteiger partial charge on any atom is 0.295 e. The number of carbonyl (C=O) groups excluding carboxylic acids is 2. The Hall–Kier alpha value is -3.28. The lowest BCUT2D eigenvalue weighted by molar-refractivity contribution is -0.139. The van der Waals surface area contributed by atoms with Crippen LogP contribution in [0, 0.1) is 0 Å². The summed E-state index contributed by atoms with van der Waals surface area (Å²) >= 11 is 0. The Bertz CT molecular complexity index is 1020. The lowest BCUT2D eigenvalue weighted by Crippen LogP contribution is -2.30. The fourth-order valence-corrected chi connectivity index (χ4v) is 3.96. The Morgan fingerprint density at radius 1 is 1.10 bits per heavy atom. The molecule has 30 heavy (non-hydrogen) atoms. The van der Waals surface area contributed by atoms with E-state index < -0.39 is 17.7 Å². The van der Waals surface area contributed by atoms with E-state index >= 15 is 0 Å². The van der Waals surface area contributed by atoms with Gasteiger partial charge in [-0.2, -0.15) is 0 Å². The minimum Gasteiger partial charge on any atom is -0.507 e. The molecule has 1 N–H and O–H groups in total. The SMILES string of the molecule is CCCN1C(=O)C(=O)/C(=C(\O)c2ccc3c(c2)OCO3)C1c1ccc(C(C)C)cc1. The van der Waals surface area contributed by atoms with Crippen molar-refractivity contribution < 1.29 is 24.2 Å². The molecule has 0 radical (unpaired) electrons. The highest BCUT2D eigenvalue weighted by atomic mass is 16.7. The zero-order valence-corrected chi connectivity index (χ0v) is 17.3. The van der Waals surface area contributed by atoms with Gasteiger partial charge in [0.2, 0.25) is 6.79 Å². The normalized spacial score (nSPS) is 19.7. The molecule has 2 aliphatic heterocycles. The molecule has 2 heterocycles. The van der Waals surface area contributed by atoms with E-state index in [9.17, 15) is 14.7 Å². The van der Waals surface area contributed by atoms with E-state index in [2.05, 4.69) is 13.8 Å². The fourth-order valence-electron chi connectivity index (χ4n) is 3.96. The molecule has 1 unspecified atom stereocenters. The van der Waals surface area contributed by atoms with Gasteiger partial charge in [0.15, 0.2) is 11.5 Å². The number of ether oxygens (including phenoxy) is 2. The van der Waals surface area contributed by atoms with E-state index in [0.29, 0.717) is 35.9 Å². The number of hydrogen-bond acceptors (Lipinski definition) is 5. The second-order valence-electron chi connectivity index (χ2n) is 7.88. The molecule has 0 bridgehead atoms. The van der Waals surface area contributed by atoms with Gasteiger partial charge in [0.05, 0.1) is 11.6 Å². The number of aliphatic hydroxyl groups is 1. The van der Waals surface area contributed by atoms with Crippen molar-refractivity contribution in [1.29, 1.82) is 0 Å². The highest BCUT2D eigenvalue weighted by Crippen LogP contribution is 2.41. The minimum absolute atomic E-state index is 0.101. The number of rotatable bonds is 5. The van der Waals surface area contributed by atoms with Gasteiger partial charge in [-0.25, -0.2) is 0 Å². The van der Waals surface area contributed by atoms with Gasteiger partial charge < -0.3 is 19.5 Å². The van der Waals surface area contributed by atoms with Gasteiger partial charge in [-0.3, -0.25) is 9.59 Å². The summed E-state index contributed by atoms with van der Waals surface area (Å²) in [6.45, 7) is 6.72. The first-order chi connectivity index (χ1) is 14.4. The number of Topliss-reactive ketones (excluding diaryl/α,β-unsaturated/α-hetero) is 1. The van der Waals surface area contributed by atoms with Gasteiger partial charge in [0.25, 0.3) is 11.7 Å². The molecule has 6 nitrogen and oxygen atoms in total. The van der Waals surface area contributed by atoms with Gasteiger partial charge >= 0.3 is 0 Å². The summed E-state index contributed by atoms with van der Waals surface area (Å²) in [5.74, 6) is -0.00927. The first-order valence-electron chi connectivity index (χ1n) is 10.2. The van der Waals surface area contributed by atoms with Crippen LogP contribution in [-0.4, -0.2) is 35.0 Å².